The van der Waals surface area contributed by atoms with Gasteiger partial charge < -0.3 is 24.8 Å². The van der Waals surface area contributed by atoms with Crippen molar-refractivity contribution in [1.82, 2.24) is 10.6 Å². The molecular weight excluding hydrogens is 336 g/mol. The summed E-state index contributed by atoms with van der Waals surface area (Å²) in [5.41, 5.74) is 1.55. The number of ether oxygens (including phenoxy) is 3. The second kappa shape index (κ2) is 8.60. The number of urea groups is 1. The maximum Gasteiger partial charge on any atom is 0.338 e. The fourth-order valence-corrected chi connectivity index (χ4v) is 2.87. The lowest BCUT2D eigenvalue weighted by molar-refractivity contribution is -0.143. The zero-order valence-electron chi connectivity index (χ0n) is 15.8. The Bertz CT molecular complexity index is 712. The van der Waals surface area contributed by atoms with E-state index in [4.69, 9.17) is 14.2 Å². The van der Waals surface area contributed by atoms with Crippen molar-refractivity contribution < 1.29 is 23.8 Å². The topological polar surface area (TPSA) is 85.9 Å². The van der Waals surface area contributed by atoms with Crippen LogP contribution < -0.4 is 20.1 Å². The highest BCUT2D eigenvalue weighted by Crippen LogP contribution is 2.39. The van der Waals surface area contributed by atoms with Gasteiger partial charge in [0.05, 0.1) is 31.4 Å². The van der Waals surface area contributed by atoms with Crippen molar-refractivity contribution in [3.05, 3.63) is 35.0 Å². The maximum absolute atomic E-state index is 12.7. The predicted octanol–water partition coefficient (Wildman–Crippen LogP) is 3.06. The van der Waals surface area contributed by atoms with Gasteiger partial charge in [0.2, 0.25) is 0 Å². The third-order valence-electron chi connectivity index (χ3n) is 3.90. The smallest absolute Gasteiger partial charge is 0.338 e. The summed E-state index contributed by atoms with van der Waals surface area (Å²) < 4.78 is 16.5. The average molecular weight is 362 g/mol. The van der Waals surface area contributed by atoms with E-state index in [-0.39, 0.29) is 12.1 Å². The monoisotopic (exact) mass is 362 g/mol. The third-order valence-corrected chi connectivity index (χ3v) is 3.90. The Kier molecular flexibility index (Phi) is 6.49. The van der Waals surface area contributed by atoms with Crippen LogP contribution in [0.15, 0.2) is 29.5 Å². The molecule has 1 unspecified atom stereocenters. The fraction of sp³-hybridized carbons (Fsp3) is 0.474. The van der Waals surface area contributed by atoms with Crippen LogP contribution in [0.25, 0.3) is 0 Å². The first kappa shape index (κ1) is 19.6. The largest absolute Gasteiger partial charge is 0.493 e. The van der Waals surface area contributed by atoms with E-state index in [9.17, 15) is 9.59 Å². The van der Waals surface area contributed by atoms with Gasteiger partial charge in [0, 0.05) is 11.3 Å². The van der Waals surface area contributed by atoms with Gasteiger partial charge in [-0.3, -0.25) is 0 Å². The summed E-state index contributed by atoms with van der Waals surface area (Å²) in [5.74, 6) is 0.557. The minimum atomic E-state index is -0.693. The summed E-state index contributed by atoms with van der Waals surface area (Å²) in [6, 6.07) is 4.30. The molecule has 1 aliphatic rings. The molecule has 1 heterocycles. The summed E-state index contributed by atoms with van der Waals surface area (Å²) in [5, 5.41) is 5.51. The Morgan fingerprint density at radius 2 is 2.00 bits per heavy atom. The Morgan fingerprint density at radius 3 is 2.58 bits per heavy atom. The lowest BCUT2D eigenvalue weighted by Crippen LogP contribution is -2.46. The van der Waals surface area contributed by atoms with Crippen molar-refractivity contribution in [3.8, 4) is 11.5 Å². The minimum absolute atomic E-state index is 0.275. The summed E-state index contributed by atoms with van der Waals surface area (Å²) in [7, 11) is 1.55. The average Bonchev–Trinajstić information content (AvgIpc) is 2.60. The van der Waals surface area contributed by atoms with E-state index in [1.165, 1.54) is 0 Å². The predicted molar refractivity (Wildman–Crippen MR) is 97.1 cm³/mol. The van der Waals surface area contributed by atoms with Gasteiger partial charge >= 0.3 is 12.0 Å². The molecule has 0 fully saturated rings. The molecule has 0 radical (unpaired) electrons. The van der Waals surface area contributed by atoms with Crippen LogP contribution in [0.3, 0.4) is 0 Å². The van der Waals surface area contributed by atoms with Crippen LogP contribution in [0.2, 0.25) is 0 Å². The molecule has 0 spiro atoms. The second-order valence-electron chi connectivity index (χ2n) is 6.04. The van der Waals surface area contributed by atoms with E-state index < -0.39 is 12.0 Å². The molecule has 2 rings (SSSR count). The molecule has 2 amide bonds. The Morgan fingerprint density at radius 1 is 1.27 bits per heavy atom. The minimum Gasteiger partial charge on any atom is -0.493 e. The molecule has 0 aromatic heterocycles. The molecule has 142 valence electrons. The van der Waals surface area contributed by atoms with Gasteiger partial charge in [0.15, 0.2) is 11.5 Å². The Hall–Kier alpha value is -2.70. The summed E-state index contributed by atoms with van der Waals surface area (Å²) >= 11 is 0. The molecular formula is C19H26N2O5. The van der Waals surface area contributed by atoms with E-state index in [0.717, 1.165) is 0 Å². The molecule has 1 aromatic rings. The van der Waals surface area contributed by atoms with Crippen LogP contribution in [0.1, 0.15) is 45.7 Å². The summed E-state index contributed by atoms with van der Waals surface area (Å²) in [6.07, 6.45) is 0.212. The number of hydrogen-bond donors (Lipinski definition) is 2. The van der Waals surface area contributed by atoms with Crippen LogP contribution in [-0.4, -0.2) is 31.8 Å². The fourth-order valence-electron chi connectivity index (χ4n) is 2.87. The molecule has 1 atom stereocenters. The number of nitrogens with one attached hydrogen (secondary N) is 2. The van der Waals surface area contributed by atoms with Crippen molar-refractivity contribution >= 4 is 12.0 Å². The number of methoxy groups -OCH3 is 1. The van der Waals surface area contributed by atoms with Crippen LogP contribution in [0.4, 0.5) is 4.79 Å². The number of rotatable bonds is 7. The number of para-hydroxylation sites is 1. The van der Waals surface area contributed by atoms with Gasteiger partial charge in [-0.05, 0) is 33.3 Å². The van der Waals surface area contributed by atoms with Gasteiger partial charge in [-0.25, -0.2) is 9.59 Å². The molecule has 1 aromatic carbocycles. The molecule has 0 saturated heterocycles. The van der Waals surface area contributed by atoms with Crippen LogP contribution in [-0.2, 0) is 9.53 Å². The van der Waals surface area contributed by atoms with Crippen LogP contribution in [0.5, 0.6) is 11.5 Å². The molecule has 7 nitrogen and oxygen atoms in total. The SMILES string of the molecule is CCOc1c(OC)cccc1C1NC(=O)NC(CC)=C1C(=O)OC(C)C. The highest BCUT2D eigenvalue weighted by molar-refractivity contribution is 5.95. The zero-order chi connectivity index (χ0) is 19.3. The first-order valence-corrected chi connectivity index (χ1v) is 8.74. The van der Waals surface area contributed by atoms with E-state index in [1.807, 2.05) is 13.8 Å². The lowest BCUT2D eigenvalue weighted by Gasteiger charge is -2.30. The van der Waals surface area contributed by atoms with E-state index in [2.05, 4.69) is 10.6 Å². The van der Waals surface area contributed by atoms with Crippen molar-refractivity contribution in [3.63, 3.8) is 0 Å². The van der Waals surface area contributed by atoms with Crippen LogP contribution in [0, 0.1) is 0 Å². The second-order valence-corrected chi connectivity index (χ2v) is 6.04. The zero-order valence-corrected chi connectivity index (χ0v) is 15.8. The first-order valence-electron chi connectivity index (χ1n) is 8.74. The van der Waals surface area contributed by atoms with Crippen molar-refractivity contribution in [1.29, 1.82) is 0 Å². The quantitative estimate of drug-likeness (QED) is 0.728. The van der Waals surface area contributed by atoms with E-state index in [0.29, 0.717) is 41.4 Å². The molecule has 26 heavy (non-hydrogen) atoms. The Labute approximate surface area is 153 Å². The number of carbonyl (C=O) groups excluding carboxylic acids is 2. The molecule has 0 aliphatic carbocycles. The van der Waals surface area contributed by atoms with Gasteiger partial charge in [-0.1, -0.05) is 19.1 Å². The molecule has 7 heteroatoms. The number of allylic oxidation sites excluding steroid dienone is 1. The third kappa shape index (κ3) is 4.09. The highest BCUT2D eigenvalue weighted by Gasteiger charge is 2.35. The molecule has 0 saturated carbocycles. The molecule has 1 aliphatic heterocycles. The van der Waals surface area contributed by atoms with Gasteiger partial charge in [-0.2, -0.15) is 0 Å². The standard InChI is InChI=1S/C19H26N2O5/c1-6-13-15(18(22)26-11(3)4)16(21-19(23)20-13)12-9-8-10-14(24-5)17(12)25-7-2/h8-11,16H,6-7H2,1-5H3,(H2,20,21,23). The van der Waals surface area contributed by atoms with Crippen molar-refractivity contribution in [2.24, 2.45) is 0 Å². The van der Waals surface area contributed by atoms with Gasteiger partial charge in [-0.15, -0.1) is 0 Å². The Balaban J connectivity index is 2.61. The molecule has 0 bridgehead atoms. The first-order chi connectivity index (χ1) is 12.4. The highest BCUT2D eigenvalue weighted by atomic mass is 16.5. The number of hydrogen-bond acceptors (Lipinski definition) is 5. The number of esters is 1. The van der Waals surface area contributed by atoms with Crippen LogP contribution >= 0.6 is 0 Å². The van der Waals surface area contributed by atoms with Crippen molar-refractivity contribution in [2.75, 3.05) is 13.7 Å². The maximum atomic E-state index is 12.7. The number of carbonyl (C=O) groups is 2. The summed E-state index contributed by atoms with van der Waals surface area (Å²) in [6.45, 7) is 7.72. The lowest BCUT2D eigenvalue weighted by atomic mass is 9.93. The summed E-state index contributed by atoms with van der Waals surface area (Å²) in [4.78, 5) is 24.9. The van der Waals surface area contributed by atoms with E-state index >= 15 is 0 Å². The number of amides is 2. The van der Waals surface area contributed by atoms with Gasteiger partial charge in [0.1, 0.15) is 0 Å². The molecule has 2 N–H and O–H groups in total. The number of benzene rings is 1. The van der Waals surface area contributed by atoms with Crippen molar-refractivity contribution in [2.45, 2.75) is 46.3 Å². The normalized spacial score (nSPS) is 16.8. The van der Waals surface area contributed by atoms with Gasteiger partial charge in [0.25, 0.3) is 0 Å². The van der Waals surface area contributed by atoms with E-state index in [1.54, 1.807) is 39.2 Å².